The van der Waals surface area contributed by atoms with Crippen LogP contribution in [0.15, 0.2) is 88.4 Å². The number of hydrazone groups is 1. The quantitative estimate of drug-likeness (QED) is 0.487. The van der Waals surface area contributed by atoms with Crippen LogP contribution in [-0.4, -0.2) is 42.2 Å². The Morgan fingerprint density at radius 1 is 1.00 bits per heavy atom. The molecule has 0 N–H and O–H groups in total. The van der Waals surface area contributed by atoms with E-state index in [2.05, 4.69) is 74.3 Å². The van der Waals surface area contributed by atoms with E-state index in [1.54, 1.807) is 5.01 Å². The van der Waals surface area contributed by atoms with Gasteiger partial charge in [0.1, 0.15) is 5.41 Å². The first-order valence-electron chi connectivity index (χ1n) is 11.8. The van der Waals surface area contributed by atoms with Crippen molar-refractivity contribution in [1.82, 2.24) is 4.90 Å². The number of rotatable bonds is 3. The minimum Gasteiger partial charge on any atom is -0.364 e. The van der Waals surface area contributed by atoms with Gasteiger partial charge in [-0.25, -0.2) is 0 Å². The van der Waals surface area contributed by atoms with Crippen LogP contribution in [0.5, 0.6) is 0 Å². The Morgan fingerprint density at radius 2 is 1.74 bits per heavy atom. The second kappa shape index (κ2) is 8.36. The fourth-order valence-corrected chi connectivity index (χ4v) is 6.30. The van der Waals surface area contributed by atoms with E-state index < -0.39 is 5.41 Å². The Balaban J connectivity index is 1.41. The number of benzene rings is 3. The number of hydrogen-bond acceptors (Lipinski definition) is 4. The number of fused-ring (bicyclic) bond motifs is 4. The van der Waals surface area contributed by atoms with Gasteiger partial charge in [-0.1, -0.05) is 64.5 Å². The maximum absolute atomic E-state index is 14.3. The van der Waals surface area contributed by atoms with Crippen LogP contribution in [0.4, 0.5) is 11.4 Å². The van der Waals surface area contributed by atoms with Crippen LogP contribution in [0, 0.1) is 5.41 Å². The van der Waals surface area contributed by atoms with Gasteiger partial charge in [-0.3, -0.25) is 9.69 Å². The van der Waals surface area contributed by atoms with Crippen molar-refractivity contribution in [1.29, 1.82) is 0 Å². The number of para-hydroxylation sites is 1. The molecule has 6 heteroatoms. The Hall–Kier alpha value is -2.96. The molecule has 5 nitrogen and oxygen atoms in total. The van der Waals surface area contributed by atoms with Crippen LogP contribution < -0.4 is 9.91 Å². The summed E-state index contributed by atoms with van der Waals surface area (Å²) in [6.45, 7) is 5.61. The molecule has 3 heterocycles. The molecule has 0 saturated carbocycles. The first-order chi connectivity index (χ1) is 16.6. The summed E-state index contributed by atoms with van der Waals surface area (Å²) in [5.74, 6) is 0.0818. The van der Waals surface area contributed by atoms with Crippen molar-refractivity contribution in [2.24, 2.45) is 10.5 Å². The van der Waals surface area contributed by atoms with Gasteiger partial charge >= 0.3 is 0 Å². The molecule has 172 valence electrons. The lowest BCUT2D eigenvalue weighted by Crippen LogP contribution is -2.66. The zero-order chi connectivity index (χ0) is 23.3. The molecule has 0 aliphatic carbocycles. The number of nitrogens with zero attached hydrogens (tertiary/aromatic N) is 4. The van der Waals surface area contributed by atoms with E-state index in [9.17, 15) is 4.79 Å². The minimum absolute atomic E-state index is 0.0311. The highest BCUT2D eigenvalue weighted by Crippen LogP contribution is 2.48. The zero-order valence-corrected chi connectivity index (χ0v) is 20.8. The molecular formula is C28H27BrN4O. The molecular weight excluding hydrogens is 488 g/mol. The molecule has 3 aromatic carbocycles. The van der Waals surface area contributed by atoms with Gasteiger partial charge in [-0.05, 0) is 54.8 Å². The van der Waals surface area contributed by atoms with Gasteiger partial charge in [-0.2, -0.15) is 10.1 Å². The summed E-state index contributed by atoms with van der Waals surface area (Å²) in [7, 11) is 0. The molecule has 3 aliphatic rings. The van der Waals surface area contributed by atoms with Crippen molar-refractivity contribution >= 4 is 38.9 Å². The molecule has 1 saturated heterocycles. The van der Waals surface area contributed by atoms with Gasteiger partial charge in [0.05, 0.1) is 17.4 Å². The van der Waals surface area contributed by atoms with Crippen LogP contribution >= 0.6 is 15.9 Å². The monoisotopic (exact) mass is 514 g/mol. The van der Waals surface area contributed by atoms with Gasteiger partial charge in [0.15, 0.2) is 0 Å². The SMILES string of the molecule is CC1=NN(c2ccccc2)C(=O)[C@@]12Cc1cc(Br)ccc1N1CCN(Cc3ccccc3)C[C@@H]12. The number of anilines is 2. The van der Waals surface area contributed by atoms with E-state index in [1.165, 1.54) is 16.8 Å². The predicted octanol–water partition coefficient (Wildman–Crippen LogP) is 5.11. The average molecular weight is 515 g/mol. The molecule has 34 heavy (non-hydrogen) atoms. The highest BCUT2D eigenvalue weighted by atomic mass is 79.9. The molecule has 1 spiro atoms. The van der Waals surface area contributed by atoms with Gasteiger partial charge in [0.25, 0.3) is 5.91 Å². The number of hydrogen-bond donors (Lipinski definition) is 0. The van der Waals surface area contributed by atoms with Crippen LogP contribution in [0.25, 0.3) is 0 Å². The molecule has 3 aromatic rings. The fraction of sp³-hybridized carbons (Fsp3) is 0.286. The third kappa shape index (κ3) is 3.39. The topological polar surface area (TPSA) is 39.2 Å². The maximum atomic E-state index is 14.3. The summed E-state index contributed by atoms with van der Waals surface area (Å²) < 4.78 is 1.04. The van der Waals surface area contributed by atoms with E-state index in [4.69, 9.17) is 5.10 Å². The standard InChI is InChI=1S/C28H27BrN4O/c1-20-28(27(34)33(30-20)24-10-6-3-7-11-24)17-22-16-23(29)12-13-25(22)32-15-14-31(19-26(28)32)18-21-8-4-2-5-9-21/h2-13,16,26H,14-15,17-19H2,1H3/t26-,28+/m1/s1. The van der Waals surface area contributed by atoms with Crippen molar-refractivity contribution in [3.05, 3.63) is 94.5 Å². The van der Waals surface area contributed by atoms with Crippen molar-refractivity contribution in [3.8, 4) is 0 Å². The van der Waals surface area contributed by atoms with Crippen LogP contribution in [0.1, 0.15) is 18.1 Å². The molecule has 2 atom stereocenters. The summed E-state index contributed by atoms with van der Waals surface area (Å²) in [5.41, 5.74) is 4.81. The van der Waals surface area contributed by atoms with E-state index >= 15 is 0 Å². The number of piperazine rings is 1. The Kier molecular flexibility index (Phi) is 5.30. The Morgan fingerprint density at radius 3 is 2.50 bits per heavy atom. The molecule has 0 unspecified atom stereocenters. The number of carbonyl (C=O) groups is 1. The van der Waals surface area contributed by atoms with E-state index in [-0.39, 0.29) is 11.9 Å². The smallest absolute Gasteiger partial charge is 0.261 e. The lowest BCUT2D eigenvalue weighted by atomic mass is 9.67. The third-order valence-corrected chi connectivity index (χ3v) is 8.07. The van der Waals surface area contributed by atoms with Crippen molar-refractivity contribution < 1.29 is 4.79 Å². The largest absolute Gasteiger partial charge is 0.364 e. The van der Waals surface area contributed by atoms with E-state index in [0.29, 0.717) is 6.42 Å². The van der Waals surface area contributed by atoms with E-state index in [0.717, 1.165) is 42.1 Å². The molecule has 0 aromatic heterocycles. The summed E-state index contributed by atoms with van der Waals surface area (Å²) >= 11 is 3.65. The summed E-state index contributed by atoms with van der Waals surface area (Å²) in [6, 6.07) is 26.9. The summed E-state index contributed by atoms with van der Waals surface area (Å²) in [5, 5.41) is 6.49. The van der Waals surface area contributed by atoms with Crippen molar-refractivity contribution in [3.63, 3.8) is 0 Å². The average Bonchev–Trinajstić information content (AvgIpc) is 3.11. The number of carbonyl (C=O) groups excluding carboxylic acids is 1. The lowest BCUT2D eigenvalue weighted by Gasteiger charge is -2.53. The zero-order valence-electron chi connectivity index (χ0n) is 19.2. The van der Waals surface area contributed by atoms with Gasteiger partial charge in [-0.15, -0.1) is 0 Å². The normalized spacial score (nSPS) is 24.2. The number of amides is 1. The second-order valence-electron chi connectivity index (χ2n) is 9.49. The molecule has 1 amide bonds. The van der Waals surface area contributed by atoms with Crippen LogP contribution in [0.3, 0.4) is 0 Å². The van der Waals surface area contributed by atoms with E-state index in [1.807, 2.05) is 37.3 Å². The first-order valence-corrected chi connectivity index (χ1v) is 12.6. The first kappa shape index (κ1) is 21.6. The molecule has 1 fully saturated rings. The summed E-state index contributed by atoms with van der Waals surface area (Å²) in [4.78, 5) is 19.2. The van der Waals surface area contributed by atoms with Crippen LogP contribution in [-0.2, 0) is 17.8 Å². The molecule has 0 bridgehead atoms. The van der Waals surface area contributed by atoms with Gasteiger partial charge in [0, 0.05) is 36.3 Å². The Labute approximate surface area is 208 Å². The van der Waals surface area contributed by atoms with Crippen LogP contribution in [0.2, 0.25) is 0 Å². The highest BCUT2D eigenvalue weighted by molar-refractivity contribution is 9.10. The molecule has 0 radical (unpaired) electrons. The second-order valence-corrected chi connectivity index (χ2v) is 10.4. The van der Waals surface area contributed by atoms with Crippen molar-refractivity contribution in [2.75, 3.05) is 29.5 Å². The fourth-order valence-electron chi connectivity index (χ4n) is 5.89. The van der Waals surface area contributed by atoms with Crippen molar-refractivity contribution in [2.45, 2.75) is 25.9 Å². The lowest BCUT2D eigenvalue weighted by molar-refractivity contribution is -0.125. The third-order valence-electron chi connectivity index (χ3n) is 7.57. The number of halogens is 1. The van der Waals surface area contributed by atoms with Gasteiger partial charge in [0.2, 0.25) is 0 Å². The minimum atomic E-state index is -0.682. The maximum Gasteiger partial charge on any atom is 0.261 e. The summed E-state index contributed by atoms with van der Waals surface area (Å²) in [6.07, 6.45) is 0.666. The molecule has 3 aliphatic heterocycles. The Bertz CT molecular complexity index is 1260. The predicted molar refractivity (Wildman–Crippen MR) is 140 cm³/mol. The van der Waals surface area contributed by atoms with Gasteiger partial charge < -0.3 is 4.90 Å². The molecule has 6 rings (SSSR count). The highest BCUT2D eigenvalue weighted by Gasteiger charge is 2.59.